The lowest BCUT2D eigenvalue weighted by molar-refractivity contribution is -0.219. The van der Waals surface area contributed by atoms with Crippen LogP contribution in [0.1, 0.15) is 125 Å². The Labute approximate surface area is 255 Å². The van der Waals surface area contributed by atoms with Crippen molar-refractivity contribution in [1.82, 2.24) is 5.32 Å². The molecule has 0 radical (unpaired) electrons. The van der Waals surface area contributed by atoms with Crippen LogP contribution in [0.5, 0.6) is 0 Å². The Kier molecular flexibility index (Phi) is 7.24. The molecule has 42 heavy (non-hydrogen) atoms. The maximum absolute atomic E-state index is 13.4. The zero-order valence-electron chi connectivity index (χ0n) is 27.5. The van der Waals surface area contributed by atoms with Gasteiger partial charge < -0.3 is 15.2 Å². The third-order valence-corrected chi connectivity index (χ3v) is 15.8. The lowest BCUT2D eigenvalue weighted by atomic mass is 9.33. The van der Waals surface area contributed by atoms with Gasteiger partial charge in [0.25, 0.3) is 0 Å². The van der Waals surface area contributed by atoms with E-state index in [0.29, 0.717) is 29.5 Å². The minimum atomic E-state index is -0.590. The van der Waals surface area contributed by atoms with Gasteiger partial charge in [-0.05, 0) is 152 Å². The molecule has 1 aliphatic heterocycles. The summed E-state index contributed by atoms with van der Waals surface area (Å²) in [7, 11) is 0. The third kappa shape index (κ3) is 4.19. The highest BCUT2D eigenvalue weighted by atomic mass is 19.1. The summed E-state index contributed by atoms with van der Waals surface area (Å²) in [5.41, 5.74) is 4.20. The Morgan fingerprint density at radius 3 is 2.38 bits per heavy atom. The number of aliphatic hydroxyl groups is 1. The minimum Gasteiger partial charge on any atom is -0.385 e. The number of halogens is 1. The van der Waals surface area contributed by atoms with Crippen LogP contribution in [0, 0.1) is 51.2 Å². The molecule has 1 heterocycles. The summed E-state index contributed by atoms with van der Waals surface area (Å²) in [4.78, 5) is 0. The van der Waals surface area contributed by atoms with E-state index in [2.05, 4.69) is 52.1 Å². The second-order valence-electron chi connectivity index (χ2n) is 17.8. The van der Waals surface area contributed by atoms with Crippen molar-refractivity contribution in [3.8, 4) is 0 Å². The van der Waals surface area contributed by atoms with Crippen LogP contribution in [0.25, 0.3) is 0 Å². The summed E-state index contributed by atoms with van der Waals surface area (Å²) >= 11 is 0. The van der Waals surface area contributed by atoms with Gasteiger partial charge >= 0.3 is 0 Å². The molecule has 6 aliphatic carbocycles. The van der Waals surface area contributed by atoms with Crippen LogP contribution in [0.15, 0.2) is 23.3 Å². The summed E-state index contributed by atoms with van der Waals surface area (Å²) in [6, 6.07) is 0. The van der Waals surface area contributed by atoms with Crippen molar-refractivity contribution < 1.29 is 14.2 Å². The van der Waals surface area contributed by atoms with Crippen LogP contribution < -0.4 is 5.32 Å². The van der Waals surface area contributed by atoms with E-state index in [1.807, 2.05) is 0 Å². The monoisotopic (exact) mass is 581 g/mol. The van der Waals surface area contributed by atoms with Gasteiger partial charge in [0.2, 0.25) is 0 Å². The van der Waals surface area contributed by atoms with Gasteiger partial charge in [-0.3, -0.25) is 4.39 Å². The molecule has 7 rings (SSSR count). The standard InChI is InChI=1S/C38H60FNO2/c1-33(2)28(27-10-8-26(23-39)9-11-27)14-17-34(3)31(33)15-18-36(5)32(34)13-12-29-30-7-6-16-38(30,20-19-35(29,36)4)40-22-21-37(41)24-42-25-37/h10,14,26,29-32,40-41H,6-9,11-13,15-25H2,1-5H3/t26-,29+,30+,31?,32?,34-,35+,36+,38-/m0/s1. The number of fused-ring (bicyclic) bond motifs is 7. The number of rotatable bonds is 6. The van der Waals surface area contributed by atoms with E-state index in [1.165, 1.54) is 64.2 Å². The molecule has 5 fully saturated rings. The third-order valence-electron chi connectivity index (χ3n) is 15.8. The first-order chi connectivity index (χ1) is 19.9. The van der Waals surface area contributed by atoms with Gasteiger partial charge in [-0.1, -0.05) is 53.2 Å². The summed E-state index contributed by atoms with van der Waals surface area (Å²) in [5, 5.41) is 14.8. The molecule has 0 aromatic carbocycles. The zero-order chi connectivity index (χ0) is 29.6. The lowest BCUT2D eigenvalue weighted by Crippen LogP contribution is -2.67. The molecule has 3 nitrogen and oxygen atoms in total. The Hall–Kier alpha value is -0.710. The molecule has 9 atom stereocenters. The minimum absolute atomic E-state index is 0.163. The van der Waals surface area contributed by atoms with Crippen molar-refractivity contribution >= 4 is 0 Å². The summed E-state index contributed by atoms with van der Waals surface area (Å²) in [6.07, 6.45) is 22.4. The van der Waals surface area contributed by atoms with Gasteiger partial charge in [0.05, 0.1) is 19.9 Å². The predicted molar refractivity (Wildman–Crippen MR) is 169 cm³/mol. The van der Waals surface area contributed by atoms with E-state index >= 15 is 0 Å². The predicted octanol–water partition coefficient (Wildman–Crippen LogP) is 8.57. The normalized spacial score (nSPS) is 49.0. The topological polar surface area (TPSA) is 41.5 Å². The molecule has 4 heteroatoms. The average Bonchev–Trinajstić information content (AvgIpc) is 3.36. The zero-order valence-corrected chi connectivity index (χ0v) is 27.5. The highest BCUT2D eigenvalue weighted by Gasteiger charge is 2.69. The van der Waals surface area contributed by atoms with Crippen LogP contribution in [-0.4, -0.2) is 42.7 Å². The molecule has 1 saturated heterocycles. The Bertz CT molecular complexity index is 1120. The van der Waals surface area contributed by atoms with E-state index in [9.17, 15) is 9.50 Å². The number of hydrogen-bond acceptors (Lipinski definition) is 3. The number of alkyl halides is 1. The van der Waals surface area contributed by atoms with E-state index in [0.717, 1.165) is 55.9 Å². The van der Waals surface area contributed by atoms with Gasteiger partial charge in [0.1, 0.15) is 5.60 Å². The Balaban J connectivity index is 1.13. The summed E-state index contributed by atoms with van der Waals surface area (Å²) < 4.78 is 18.7. The molecule has 0 spiro atoms. The second-order valence-corrected chi connectivity index (χ2v) is 17.8. The van der Waals surface area contributed by atoms with Gasteiger partial charge in [-0.2, -0.15) is 0 Å². The van der Waals surface area contributed by atoms with Gasteiger partial charge in [-0.15, -0.1) is 0 Å². The first-order valence-corrected chi connectivity index (χ1v) is 17.9. The highest BCUT2D eigenvalue weighted by Crippen LogP contribution is 2.76. The SMILES string of the molecule is CC1(C)C(C2=CC[C@H](CF)CC2)=CC[C@@]2(C)C1CC[C@]1(C)C2CC[C@@H]2[C@H]3CCC[C@]3(NCCC3(O)COC3)CC[C@]21C. The maximum Gasteiger partial charge on any atom is 0.112 e. The number of ether oxygens (including phenoxy) is 1. The first kappa shape index (κ1) is 30.0. The molecule has 0 amide bonds. The molecular formula is C38H60FNO2. The largest absolute Gasteiger partial charge is 0.385 e. The fraction of sp³-hybridized carbons (Fsp3) is 0.895. The second kappa shape index (κ2) is 10.1. The molecule has 0 aromatic heterocycles. The van der Waals surface area contributed by atoms with Crippen molar-refractivity contribution in [2.75, 3.05) is 26.4 Å². The Morgan fingerprint density at radius 1 is 0.881 bits per heavy atom. The number of allylic oxidation sites excluding steroid dienone is 4. The van der Waals surface area contributed by atoms with Crippen molar-refractivity contribution in [3.63, 3.8) is 0 Å². The first-order valence-electron chi connectivity index (χ1n) is 17.9. The van der Waals surface area contributed by atoms with Crippen LogP contribution in [0.4, 0.5) is 4.39 Å². The fourth-order valence-electron chi connectivity index (χ4n) is 13.3. The van der Waals surface area contributed by atoms with E-state index in [1.54, 1.807) is 11.1 Å². The van der Waals surface area contributed by atoms with Crippen molar-refractivity contribution in [2.45, 2.75) is 136 Å². The van der Waals surface area contributed by atoms with Crippen molar-refractivity contribution in [1.29, 1.82) is 0 Å². The molecule has 4 saturated carbocycles. The summed E-state index contributed by atoms with van der Waals surface area (Å²) in [5.74, 6) is 3.35. The van der Waals surface area contributed by atoms with E-state index in [-0.39, 0.29) is 23.5 Å². The summed E-state index contributed by atoms with van der Waals surface area (Å²) in [6.45, 7) is 15.1. The van der Waals surface area contributed by atoms with Crippen LogP contribution in [-0.2, 0) is 4.74 Å². The van der Waals surface area contributed by atoms with Crippen LogP contribution >= 0.6 is 0 Å². The Morgan fingerprint density at radius 2 is 1.69 bits per heavy atom. The lowest BCUT2D eigenvalue weighted by Gasteiger charge is -2.72. The molecule has 2 N–H and O–H groups in total. The number of nitrogens with one attached hydrogen (secondary N) is 1. The average molecular weight is 582 g/mol. The molecular weight excluding hydrogens is 521 g/mol. The maximum atomic E-state index is 13.4. The molecule has 7 aliphatic rings. The molecule has 236 valence electrons. The number of hydrogen-bond donors (Lipinski definition) is 2. The van der Waals surface area contributed by atoms with Crippen molar-refractivity contribution in [3.05, 3.63) is 23.3 Å². The van der Waals surface area contributed by atoms with Crippen LogP contribution in [0.3, 0.4) is 0 Å². The molecule has 0 aromatic rings. The quantitative estimate of drug-likeness (QED) is 0.330. The van der Waals surface area contributed by atoms with Gasteiger partial charge in [0, 0.05) is 5.54 Å². The molecule has 0 bridgehead atoms. The highest BCUT2D eigenvalue weighted by molar-refractivity contribution is 5.41. The van der Waals surface area contributed by atoms with Gasteiger partial charge in [-0.25, -0.2) is 0 Å². The smallest absolute Gasteiger partial charge is 0.112 e. The molecule has 2 unspecified atom stereocenters. The van der Waals surface area contributed by atoms with E-state index < -0.39 is 5.60 Å². The fourth-order valence-corrected chi connectivity index (χ4v) is 13.3. The van der Waals surface area contributed by atoms with Crippen LogP contribution in [0.2, 0.25) is 0 Å². The van der Waals surface area contributed by atoms with Crippen molar-refractivity contribution in [2.24, 2.45) is 51.2 Å². The van der Waals surface area contributed by atoms with E-state index in [4.69, 9.17) is 4.74 Å². The van der Waals surface area contributed by atoms with Gasteiger partial charge in [0.15, 0.2) is 0 Å².